The largest absolute Gasteiger partial charge is 0.493 e. The van der Waals surface area contributed by atoms with E-state index in [1.807, 2.05) is 30.3 Å². The molecule has 0 aliphatic heterocycles. The van der Waals surface area contributed by atoms with Gasteiger partial charge < -0.3 is 37.7 Å². The summed E-state index contributed by atoms with van der Waals surface area (Å²) in [5.74, 6) is -10.6. The zero-order chi connectivity index (χ0) is 30.9. The molecule has 3 rings (SSSR count). The molecule has 0 saturated carbocycles. The molecule has 0 unspecified atom stereocenters. The molecule has 42 heavy (non-hydrogen) atoms. The lowest BCUT2D eigenvalue weighted by molar-refractivity contribution is -0.203. The number of anilines is 3. The number of ether oxygens (including phenoxy) is 2. The van der Waals surface area contributed by atoms with Crippen LogP contribution >= 0.6 is 0 Å². The number of hydrogen-bond donors (Lipinski definition) is 5. The van der Waals surface area contributed by atoms with E-state index >= 15 is 0 Å². The molecule has 0 radical (unpaired) electrons. The van der Waals surface area contributed by atoms with Gasteiger partial charge in [-0.25, -0.2) is 0 Å². The molecule has 0 aromatic heterocycles. The summed E-state index contributed by atoms with van der Waals surface area (Å²) >= 11 is 0. The number of benzene rings is 3. The van der Waals surface area contributed by atoms with Gasteiger partial charge in [-0.1, -0.05) is 30.3 Å². The van der Waals surface area contributed by atoms with Crippen LogP contribution in [-0.2, 0) is 17.8 Å². The van der Waals surface area contributed by atoms with E-state index in [0.29, 0.717) is 19.6 Å². The smallest absolute Gasteiger partial charge is 0.326 e. The van der Waals surface area contributed by atoms with E-state index in [1.165, 1.54) is 24.3 Å². The summed E-state index contributed by atoms with van der Waals surface area (Å²) in [6.07, 6.45) is -1.45. The molecule has 0 saturated heterocycles. The summed E-state index contributed by atoms with van der Waals surface area (Å²) in [4.78, 5) is 22.9. The van der Waals surface area contributed by atoms with E-state index in [9.17, 15) is 27.2 Å². The quantitative estimate of drug-likeness (QED) is 0.0937. The predicted octanol–water partition coefficient (Wildman–Crippen LogP) is 4.35. The number of rotatable bonds is 16. The fourth-order valence-corrected chi connectivity index (χ4v) is 3.99. The highest BCUT2D eigenvalue weighted by Gasteiger charge is 2.55. The number of primary amides is 2. The minimum Gasteiger partial charge on any atom is -0.493 e. The third kappa shape index (κ3) is 8.49. The second kappa shape index (κ2) is 13.9. The Balaban J connectivity index is 1.63. The Morgan fingerprint density at radius 3 is 2.12 bits per heavy atom. The molecule has 3 aromatic rings. The lowest BCUT2D eigenvalue weighted by Crippen LogP contribution is -2.46. The Labute approximate surface area is 240 Å². The Bertz CT molecular complexity index is 1390. The zero-order valence-corrected chi connectivity index (χ0v) is 22.7. The van der Waals surface area contributed by atoms with Crippen LogP contribution in [0.3, 0.4) is 0 Å². The molecule has 9 N–H and O–H groups in total. The molecule has 13 heteroatoms. The van der Waals surface area contributed by atoms with Gasteiger partial charge in [0, 0.05) is 35.2 Å². The second-order valence-electron chi connectivity index (χ2n) is 9.58. The standard InChI is InChI=1S/C29H33F4N5O4/c30-28(31,29(32,33)17-38-24-8-7-19(26(36)39)13-23(24)35)10-9-21-22(34)14-20(27(37)40)15-25(21)42-12-4-11-41-16-18-5-2-1-3-6-18/h1-3,5-8,13-15,38H,4,9-12,16-17,34-35H2,(H2,36,39)(H2,37,40). The van der Waals surface area contributed by atoms with Crippen molar-refractivity contribution in [1.29, 1.82) is 0 Å². The normalized spacial score (nSPS) is 11.7. The monoisotopic (exact) mass is 591 g/mol. The van der Waals surface area contributed by atoms with Crippen molar-refractivity contribution in [2.45, 2.75) is 37.7 Å². The van der Waals surface area contributed by atoms with Crippen molar-refractivity contribution in [2.24, 2.45) is 11.5 Å². The fraction of sp³-hybridized carbons (Fsp3) is 0.310. The highest BCUT2D eigenvalue weighted by molar-refractivity contribution is 5.95. The number of nitrogens with one attached hydrogen (secondary N) is 1. The first kappa shape index (κ1) is 32.0. The summed E-state index contributed by atoms with van der Waals surface area (Å²) in [6.45, 7) is -0.652. The number of halogens is 4. The molecule has 0 heterocycles. The van der Waals surface area contributed by atoms with Crippen LogP contribution in [0.25, 0.3) is 0 Å². The summed E-state index contributed by atoms with van der Waals surface area (Å²) in [6, 6.07) is 15.5. The van der Waals surface area contributed by atoms with Crippen molar-refractivity contribution >= 4 is 28.9 Å². The second-order valence-corrected chi connectivity index (χ2v) is 9.58. The van der Waals surface area contributed by atoms with Crippen LogP contribution < -0.4 is 33.0 Å². The van der Waals surface area contributed by atoms with Crippen LogP contribution in [0, 0.1) is 0 Å². The van der Waals surface area contributed by atoms with Gasteiger partial charge in [-0.3, -0.25) is 9.59 Å². The molecule has 3 aromatic carbocycles. The minimum absolute atomic E-state index is 0.00795. The van der Waals surface area contributed by atoms with Gasteiger partial charge in [-0.15, -0.1) is 0 Å². The zero-order valence-electron chi connectivity index (χ0n) is 22.7. The van der Waals surface area contributed by atoms with E-state index in [0.717, 1.165) is 11.6 Å². The average molecular weight is 592 g/mol. The third-order valence-corrected chi connectivity index (χ3v) is 6.39. The van der Waals surface area contributed by atoms with Crippen LogP contribution in [0.2, 0.25) is 0 Å². The van der Waals surface area contributed by atoms with Gasteiger partial charge in [0.2, 0.25) is 11.8 Å². The summed E-state index contributed by atoms with van der Waals surface area (Å²) in [7, 11) is 0. The first-order valence-corrected chi connectivity index (χ1v) is 13.0. The molecule has 9 nitrogen and oxygen atoms in total. The SMILES string of the molecule is NC(=O)c1ccc(NCC(F)(F)C(F)(F)CCc2c(N)cc(C(N)=O)cc2OCCCOCc2ccccc2)c(N)c1. The minimum atomic E-state index is -4.50. The van der Waals surface area contributed by atoms with Crippen molar-refractivity contribution in [2.75, 3.05) is 36.5 Å². The van der Waals surface area contributed by atoms with E-state index < -0.39 is 43.0 Å². The Kier molecular flexibility index (Phi) is 10.6. The van der Waals surface area contributed by atoms with Crippen LogP contribution in [0.5, 0.6) is 5.75 Å². The number of amides is 2. The average Bonchev–Trinajstić information content (AvgIpc) is 2.93. The van der Waals surface area contributed by atoms with Crippen molar-refractivity contribution in [3.05, 3.63) is 82.9 Å². The first-order chi connectivity index (χ1) is 19.8. The van der Waals surface area contributed by atoms with Crippen LogP contribution in [0.15, 0.2) is 60.7 Å². The molecule has 0 bridgehead atoms. The predicted molar refractivity (Wildman–Crippen MR) is 152 cm³/mol. The number of nitrogen functional groups attached to an aromatic ring is 2. The Morgan fingerprint density at radius 1 is 0.810 bits per heavy atom. The van der Waals surface area contributed by atoms with Gasteiger partial charge in [0.25, 0.3) is 0 Å². The van der Waals surface area contributed by atoms with Crippen LogP contribution in [-0.4, -0.2) is 43.4 Å². The molecule has 0 spiro atoms. The lowest BCUT2D eigenvalue weighted by atomic mass is 9.98. The molecule has 0 fully saturated rings. The van der Waals surface area contributed by atoms with Crippen LogP contribution in [0.4, 0.5) is 34.6 Å². The molecule has 0 aliphatic rings. The number of carbonyl (C=O) groups is 2. The lowest BCUT2D eigenvalue weighted by Gasteiger charge is -2.28. The number of hydrogen-bond acceptors (Lipinski definition) is 7. The maximum atomic E-state index is 14.8. The highest BCUT2D eigenvalue weighted by Crippen LogP contribution is 2.40. The maximum absolute atomic E-state index is 14.8. The Morgan fingerprint density at radius 2 is 1.48 bits per heavy atom. The molecular weight excluding hydrogens is 558 g/mol. The van der Waals surface area contributed by atoms with Crippen molar-refractivity contribution in [1.82, 2.24) is 0 Å². The van der Waals surface area contributed by atoms with Gasteiger partial charge in [-0.2, -0.15) is 17.6 Å². The van der Waals surface area contributed by atoms with Crippen LogP contribution in [0.1, 0.15) is 44.7 Å². The third-order valence-electron chi connectivity index (χ3n) is 6.39. The van der Waals surface area contributed by atoms with E-state index in [1.54, 1.807) is 0 Å². The highest BCUT2D eigenvalue weighted by atomic mass is 19.3. The number of alkyl halides is 4. The topological polar surface area (TPSA) is 169 Å². The summed E-state index contributed by atoms with van der Waals surface area (Å²) in [5, 5.41) is 2.20. The Hall–Kier alpha value is -4.52. The molecular formula is C29H33F4N5O4. The molecule has 226 valence electrons. The van der Waals surface area contributed by atoms with Crippen molar-refractivity contribution < 1.29 is 36.6 Å². The van der Waals surface area contributed by atoms with Gasteiger partial charge >= 0.3 is 11.8 Å². The molecule has 0 aliphatic carbocycles. The van der Waals surface area contributed by atoms with Crippen molar-refractivity contribution in [3.8, 4) is 5.75 Å². The maximum Gasteiger partial charge on any atom is 0.326 e. The molecule has 2 amide bonds. The van der Waals surface area contributed by atoms with E-state index in [-0.39, 0.29) is 46.1 Å². The van der Waals surface area contributed by atoms with Gasteiger partial charge in [0.1, 0.15) is 5.75 Å². The number of carbonyl (C=O) groups excluding carboxylic acids is 2. The fourth-order valence-electron chi connectivity index (χ4n) is 3.99. The summed E-state index contributed by atoms with van der Waals surface area (Å²) in [5.41, 5.74) is 23.0. The van der Waals surface area contributed by atoms with E-state index in [4.69, 9.17) is 32.4 Å². The van der Waals surface area contributed by atoms with Gasteiger partial charge in [0.15, 0.2) is 0 Å². The van der Waals surface area contributed by atoms with Gasteiger partial charge in [0.05, 0.1) is 37.7 Å². The first-order valence-electron chi connectivity index (χ1n) is 13.0. The van der Waals surface area contributed by atoms with E-state index in [2.05, 4.69) is 5.32 Å². The van der Waals surface area contributed by atoms with Gasteiger partial charge in [-0.05, 0) is 42.3 Å². The summed E-state index contributed by atoms with van der Waals surface area (Å²) < 4.78 is 70.3. The molecule has 0 atom stereocenters. The van der Waals surface area contributed by atoms with Crippen molar-refractivity contribution in [3.63, 3.8) is 0 Å². The number of nitrogens with two attached hydrogens (primary N) is 4.